The van der Waals surface area contributed by atoms with Crippen LogP contribution in [0.2, 0.25) is 0 Å². The molecular weight excluding hydrogens is 744 g/mol. The number of nitrogens with zero attached hydrogens (tertiary/aromatic N) is 1. The number of carbonyl (C=O) groups excluding carboxylic acids is 1. The van der Waals surface area contributed by atoms with Crippen LogP contribution in [0.1, 0.15) is 6.92 Å². The van der Waals surface area contributed by atoms with E-state index in [1.54, 1.807) is 0 Å². The Labute approximate surface area is 231 Å². The topological polar surface area (TPSA) is 77.5 Å². The minimum atomic E-state index is -9.36. The Kier molecular flexibility index (Phi) is 10.5. The summed E-state index contributed by atoms with van der Waals surface area (Å²) in [7, 11) is -9.05. The van der Waals surface area contributed by atoms with Gasteiger partial charge in [0, 0.05) is 6.54 Å². The first-order valence-electron chi connectivity index (χ1n) is 9.47. The molecule has 0 aromatic rings. The lowest BCUT2D eigenvalue weighted by Crippen LogP contribution is -2.75. The maximum atomic E-state index is 14.2. The molecule has 29 heteroatoms. The van der Waals surface area contributed by atoms with Crippen molar-refractivity contribution in [1.29, 1.82) is 0 Å². The number of carbonyl (C=O) groups is 1. The summed E-state index contributed by atoms with van der Waals surface area (Å²) in [6.45, 7) is -3.33. The Morgan fingerprint density at radius 1 is 0.636 bits per heavy atom. The highest BCUT2D eigenvalue weighted by molar-refractivity contribution is 7.90. The predicted octanol–water partition coefficient (Wildman–Crippen LogP) is 6.00. The summed E-state index contributed by atoms with van der Waals surface area (Å²) < 4.78 is 317. The third kappa shape index (κ3) is 5.27. The molecule has 0 heterocycles. The van der Waals surface area contributed by atoms with Gasteiger partial charge in [-0.05, 0) is 0 Å². The predicted molar refractivity (Wildman–Crippen MR) is 90.9 cm³/mol. The highest BCUT2D eigenvalue weighted by Crippen LogP contribution is 2.65. The van der Waals surface area contributed by atoms with Crippen LogP contribution in [0.15, 0.2) is 10.9 Å². The second kappa shape index (κ2) is 11.0. The lowest BCUT2D eigenvalue weighted by atomic mass is 9.91. The molecule has 0 amide bonds. The second-order valence-electron chi connectivity index (χ2n) is 7.66. The molecule has 0 saturated heterocycles. The van der Waals surface area contributed by atoms with E-state index in [1.165, 1.54) is 0 Å². The number of aliphatic carboxylic acids is 1. The molecule has 0 bridgehead atoms. The number of carboxylic acids is 1. The molecule has 0 aliphatic rings. The van der Waals surface area contributed by atoms with Crippen LogP contribution in [-0.4, -0.2) is 84.2 Å². The zero-order valence-electron chi connectivity index (χ0n) is 19.4. The van der Waals surface area contributed by atoms with E-state index in [1.807, 2.05) is 0 Å². The normalized spacial score (nSPS) is 16.8. The van der Waals surface area contributed by atoms with Crippen LogP contribution < -0.4 is 5.11 Å². The van der Waals surface area contributed by atoms with Crippen LogP contribution in [0.25, 0.3) is 0 Å². The number of rotatable bonds is 13. The van der Waals surface area contributed by atoms with Crippen molar-refractivity contribution in [1.82, 2.24) is 4.31 Å². The standard InChI is InChI=1S/C15H6ClF22NO4S/c1-2-39(14(35,36)6(18,19)4(17)3(16)5(40)41)44(42,43)15(37,38)12(30,31)10(26,27)8(22,23)7(20,21)9(24,25)11(28,29)13(32,33)34/h2H2,1H3,(H,40,41)/p-1. The number of hydrogen-bond acceptors (Lipinski definition) is 4. The van der Waals surface area contributed by atoms with E-state index in [2.05, 4.69) is 11.6 Å². The van der Waals surface area contributed by atoms with E-state index in [-0.39, 0.29) is 0 Å². The third-order valence-electron chi connectivity index (χ3n) is 4.93. The fraction of sp³-hybridized carbons (Fsp3) is 0.800. The van der Waals surface area contributed by atoms with E-state index >= 15 is 0 Å². The highest BCUT2D eigenvalue weighted by atomic mass is 35.5. The van der Waals surface area contributed by atoms with Crippen molar-refractivity contribution in [3.8, 4) is 0 Å². The summed E-state index contributed by atoms with van der Waals surface area (Å²) >= 11 is 4.29. The third-order valence-corrected chi connectivity index (χ3v) is 7.23. The molecule has 0 N–H and O–H groups in total. The molecule has 0 aromatic heterocycles. The van der Waals surface area contributed by atoms with Crippen molar-refractivity contribution in [2.24, 2.45) is 0 Å². The molecule has 0 aromatic carbocycles. The highest BCUT2D eigenvalue weighted by Gasteiger charge is 2.96. The lowest BCUT2D eigenvalue weighted by molar-refractivity contribution is -0.458. The van der Waals surface area contributed by atoms with Crippen LogP contribution >= 0.6 is 11.6 Å². The second-order valence-corrected chi connectivity index (χ2v) is 9.94. The van der Waals surface area contributed by atoms with Crippen molar-refractivity contribution < 1.29 is 115 Å². The molecule has 44 heavy (non-hydrogen) atoms. The molecule has 0 rings (SSSR count). The number of halogens is 23. The SMILES string of the molecule is CCN(C(F)(F)C(F)(F)C(F)=C(Cl)C(=O)[O-])S(=O)(=O)C(F)(F)C(F)(F)C(F)(F)C(F)(F)C(F)(F)C(F)(F)C(F)(F)C(F)(F)F. The number of hydrogen-bond donors (Lipinski definition) is 0. The average Bonchev–Trinajstić information content (AvgIpc) is 2.81. The lowest BCUT2D eigenvalue weighted by Gasteiger charge is -2.43. The first-order chi connectivity index (χ1) is 18.7. The molecule has 0 saturated carbocycles. The molecule has 0 aliphatic carbocycles. The summed E-state index contributed by atoms with van der Waals surface area (Å²) in [5, 5.41) is -1.58. The Hall–Kier alpha value is -2.13. The maximum Gasteiger partial charge on any atom is 0.460 e. The van der Waals surface area contributed by atoms with Crippen LogP contribution in [-0.2, 0) is 14.8 Å². The molecule has 0 fully saturated rings. The van der Waals surface area contributed by atoms with Crippen LogP contribution in [0, 0.1) is 0 Å². The molecule has 0 spiro atoms. The van der Waals surface area contributed by atoms with Gasteiger partial charge in [0.15, 0.2) is 5.83 Å². The van der Waals surface area contributed by atoms with E-state index < -0.39 is 104 Å². The Bertz CT molecular complexity index is 1260. The molecule has 0 atom stereocenters. The Morgan fingerprint density at radius 2 is 0.932 bits per heavy atom. The van der Waals surface area contributed by atoms with Gasteiger partial charge in [-0.25, -0.2) is 12.8 Å². The summed E-state index contributed by atoms with van der Waals surface area (Å²) in [5.74, 6) is -69.6. The van der Waals surface area contributed by atoms with Crippen molar-refractivity contribution in [2.75, 3.05) is 6.54 Å². The van der Waals surface area contributed by atoms with Crippen LogP contribution in [0.5, 0.6) is 0 Å². The minimum absolute atomic E-state index is 0.418. The summed E-state index contributed by atoms with van der Waals surface area (Å²) in [6, 6.07) is -7.47. The minimum Gasteiger partial charge on any atom is -0.544 e. The van der Waals surface area contributed by atoms with Gasteiger partial charge in [0.1, 0.15) is 5.03 Å². The zero-order chi connectivity index (χ0) is 36.5. The van der Waals surface area contributed by atoms with E-state index in [4.69, 9.17) is 0 Å². The summed E-state index contributed by atoms with van der Waals surface area (Å²) in [4.78, 5) is 10.3. The van der Waals surface area contributed by atoms with Crippen LogP contribution in [0.4, 0.5) is 96.6 Å². The largest absolute Gasteiger partial charge is 0.544 e. The smallest absolute Gasteiger partial charge is 0.460 e. The van der Waals surface area contributed by atoms with Crippen LogP contribution in [0.3, 0.4) is 0 Å². The van der Waals surface area contributed by atoms with Crippen molar-refractivity contribution in [3.63, 3.8) is 0 Å². The number of alkyl halides is 21. The number of sulfonamides is 1. The van der Waals surface area contributed by atoms with Gasteiger partial charge in [0.05, 0.1) is 5.97 Å². The van der Waals surface area contributed by atoms with Gasteiger partial charge in [0.25, 0.3) is 10.0 Å². The average molecular weight is 749 g/mol. The zero-order valence-corrected chi connectivity index (χ0v) is 21.0. The van der Waals surface area contributed by atoms with Crippen molar-refractivity contribution >= 4 is 27.6 Å². The van der Waals surface area contributed by atoms with Gasteiger partial charge in [-0.2, -0.15) is 92.2 Å². The molecular formula is C15H5ClF22NO4S-. The van der Waals surface area contributed by atoms with E-state index in [9.17, 15) is 115 Å². The molecule has 0 aliphatic heterocycles. The molecule has 0 unspecified atom stereocenters. The quantitative estimate of drug-likeness (QED) is 0.132. The maximum absolute atomic E-state index is 14.2. The summed E-state index contributed by atoms with van der Waals surface area (Å²) in [6.07, 6.45) is -8.12. The van der Waals surface area contributed by atoms with Gasteiger partial charge in [-0.1, -0.05) is 18.5 Å². The van der Waals surface area contributed by atoms with Crippen molar-refractivity contribution in [2.45, 2.75) is 65.9 Å². The fourth-order valence-corrected chi connectivity index (χ4v) is 4.09. The molecule has 0 radical (unpaired) electrons. The Balaban J connectivity index is 7.50. The van der Waals surface area contributed by atoms with E-state index in [0.29, 0.717) is 0 Å². The fourth-order valence-electron chi connectivity index (χ4n) is 2.49. The first kappa shape index (κ1) is 41.9. The van der Waals surface area contributed by atoms with Crippen molar-refractivity contribution in [3.05, 3.63) is 10.9 Å². The monoisotopic (exact) mass is 748 g/mol. The molecule has 5 nitrogen and oxygen atoms in total. The molecule has 262 valence electrons. The Morgan fingerprint density at radius 3 is 1.20 bits per heavy atom. The number of carboxylic acid groups (broad SMARTS) is 1. The summed E-state index contributed by atoms with van der Waals surface area (Å²) in [5.41, 5.74) is 0. The van der Waals surface area contributed by atoms with Gasteiger partial charge < -0.3 is 9.90 Å². The van der Waals surface area contributed by atoms with Gasteiger partial charge in [-0.15, -0.1) is 4.31 Å². The van der Waals surface area contributed by atoms with E-state index in [0.717, 1.165) is 0 Å². The van der Waals surface area contributed by atoms with Gasteiger partial charge in [-0.3, -0.25) is 0 Å². The van der Waals surface area contributed by atoms with Gasteiger partial charge in [0.2, 0.25) is 0 Å². The van der Waals surface area contributed by atoms with Gasteiger partial charge >= 0.3 is 58.9 Å². The first-order valence-corrected chi connectivity index (χ1v) is 11.3.